The Labute approximate surface area is 184 Å². The van der Waals surface area contributed by atoms with Crippen LogP contribution in [0.5, 0.6) is 0 Å². The first-order valence-electron chi connectivity index (χ1n) is 10.5. The van der Waals surface area contributed by atoms with Gasteiger partial charge in [0.05, 0.1) is 29.6 Å². The minimum atomic E-state index is -0.390. The number of primary amides is 1. The molecule has 4 rings (SSSR count). The quantitative estimate of drug-likeness (QED) is 0.587. The van der Waals surface area contributed by atoms with Crippen LogP contribution < -0.4 is 16.0 Å². The SMILES string of the molecule is NC(=O)C1CCCN(c2ccc(NC(=O)CCc3ncc(-c4ccccc4F)o3)cn2)C1. The normalized spacial score (nSPS) is 16.0. The minimum Gasteiger partial charge on any atom is -0.441 e. The predicted molar refractivity (Wildman–Crippen MR) is 117 cm³/mol. The standard InChI is InChI=1S/C23H24FN5O3/c24-18-6-2-1-5-17(18)19-13-27-22(32-19)10-9-21(30)28-16-7-8-20(26-12-16)29-11-3-4-15(14-29)23(25)31/h1-2,5-8,12-13,15H,3-4,9-11,14H2,(H2,25,31)(H,28,30). The number of anilines is 2. The molecule has 1 aromatic carbocycles. The molecule has 0 bridgehead atoms. The van der Waals surface area contributed by atoms with Gasteiger partial charge in [-0.15, -0.1) is 0 Å². The van der Waals surface area contributed by atoms with Gasteiger partial charge in [0.15, 0.2) is 11.7 Å². The summed E-state index contributed by atoms with van der Waals surface area (Å²) in [6.07, 6.45) is 5.17. The van der Waals surface area contributed by atoms with Crippen LogP contribution in [0, 0.1) is 11.7 Å². The molecule has 32 heavy (non-hydrogen) atoms. The first-order valence-corrected chi connectivity index (χ1v) is 10.5. The Hall–Kier alpha value is -3.75. The van der Waals surface area contributed by atoms with Crippen molar-refractivity contribution in [3.63, 3.8) is 0 Å². The van der Waals surface area contributed by atoms with Crippen molar-refractivity contribution in [1.29, 1.82) is 0 Å². The highest BCUT2D eigenvalue weighted by Gasteiger charge is 2.24. The molecule has 1 atom stereocenters. The second-order valence-corrected chi connectivity index (χ2v) is 7.74. The number of benzene rings is 1. The van der Waals surface area contributed by atoms with Gasteiger partial charge in [-0.2, -0.15) is 0 Å². The second-order valence-electron chi connectivity index (χ2n) is 7.74. The molecule has 0 aliphatic carbocycles. The van der Waals surface area contributed by atoms with Crippen molar-refractivity contribution in [2.45, 2.75) is 25.7 Å². The van der Waals surface area contributed by atoms with Crippen LogP contribution in [0.25, 0.3) is 11.3 Å². The fraction of sp³-hybridized carbons (Fsp3) is 0.304. The molecule has 1 fully saturated rings. The molecule has 1 saturated heterocycles. The van der Waals surface area contributed by atoms with Crippen LogP contribution in [0.4, 0.5) is 15.9 Å². The van der Waals surface area contributed by atoms with E-state index in [0.29, 0.717) is 29.4 Å². The van der Waals surface area contributed by atoms with Gasteiger partial charge in [0.1, 0.15) is 11.6 Å². The maximum atomic E-state index is 13.9. The van der Waals surface area contributed by atoms with Crippen molar-refractivity contribution in [1.82, 2.24) is 9.97 Å². The first-order chi connectivity index (χ1) is 15.5. The van der Waals surface area contributed by atoms with Crippen molar-refractivity contribution in [3.8, 4) is 11.3 Å². The number of aromatic nitrogens is 2. The Morgan fingerprint density at radius 1 is 1.19 bits per heavy atom. The summed E-state index contributed by atoms with van der Waals surface area (Å²) in [6.45, 7) is 1.37. The third-order valence-corrected chi connectivity index (χ3v) is 5.44. The maximum absolute atomic E-state index is 13.9. The highest BCUT2D eigenvalue weighted by molar-refractivity contribution is 5.90. The van der Waals surface area contributed by atoms with E-state index in [0.717, 1.165) is 25.2 Å². The number of nitrogens with two attached hydrogens (primary N) is 1. The van der Waals surface area contributed by atoms with E-state index in [2.05, 4.69) is 15.3 Å². The number of hydrogen-bond acceptors (Lipinski definition) is 6. The number of rotatable bonds is 7. The molecule has 1 unspecified atom stereocenters. The number of pyridine rings is 1. The Morgan fingerprint density at radius 2 is 2.03 bits per heavy atom. The summed E-state index contributed by atoms with van der Waals surface area (Å²) in [5.74, 6) is 0.380. The van der Waals surface area contributed by atoms with E-state index >= 15 is 0 Å². The molecule has 166 valence electrons. The van der Waals surface area contributed by atoms with Gasteiger partial charge in [-0.25, -0.2) is 14.4 Å². The Kier molecular flexibility index (Phi) is 6.44. The molecule has 0 radical (unpaired) electrons. The number of nitrogens with one attached hydrogen (secondary N) is 1. The largest absolute Gasteiger partial charge is 0.441 e. The molecular formula is C23H24FN5O3. The summed E-state index contributed by atoms with van der Waals surface area (Å²) in [7, 11) is 0. The van der Waals surface area contributed by atoms with E-state index in [1.807, 2.05) is 11.0 Å². The average molecular weight is 437 g/mol. The topological polar surface area (TPSA) is 114 Å². The molecule has 1 aliphatic heterocycles. The van der Waals surface area contributed by atoms with Gasteiger partial charge < -0.3 is 20.4 Å². The smallest absolute Gasteiger partial charge is 0.224 e. The van der Waals surface area contributed by atoms with Crippen LogP contribution in [-0.4, -0.2) is 34.9 Å². The molecule has 2 amide bonds. The number of halogens is 1. The Morgan fingerprint density at radius 3 is 2.78 bits per heavy atom. The number of hydrogen-bond donors (Lipinski definition) is 2. The van der Waals surface area contributed by atoms with E-state index < -0.39 is 5.82 Å². The zero-order chi connectivity index (χ0) is 22.5. The average Bonchev–Trinajstić information content (AvgIpc) is 3.27. The lowest BCUT2D eigenvalue weighted by atomic mass is 9.97. The van der Waals surface area contributed by atoms with Crippen LogP contribution in [0.2, 0.25) is 0 Å². The highest BCUT2D eigenvalue weighted by atomic mass is 19.1. The fourth-order valence-electron chi connectivity index (χ4n) is 3.72. The van der Waals surface area contributed by atoms with Crippen LogP contribution >= 0.6 is 0 Å². The number of oxazole rings is 1. The number of aryl methyl sites for hydroxylation is 1. The molecule has 8 nitrogen and oxygen atoms in total. The number of piperidine rings is 1. The predicted octanol–water partition coefficient (Wildman–Crippen LogP) is 3.15. The number of carbonyl (C=O) groups excluding carboxylic acids is 2. The van der Waals surface area contributed by atoms with Gasteiger partial charge in [-0.1, -0.05) is 12.1 Å². The number of nitrogens with zero attached hydrogens (tertiary/aromatic N) is 3. The molecule has 0 spiro atoms. The lowest BCUT2D eigenvalue weighted by Gasteiger charge is -2.32. The van der Waals surface area contributed by atoms with Gasteiger partial charge in [0.2, 0.25) is 11.8 Å². The van der Waals surface area contributed by atoms with Crippen molar-refractivity contribution in [2.24, 2.45) is 11.7 Å². The van der Waals surface area contributed by atoms with E-state index in [-0.39, 0.29) is 30.6 Å². The lowest BCUT2D eigenvalue weighted by Crippen LogP contribution is -2.41. The van der Waals surface area contributed by atoms with Crippen LogP contribution in [0.15, 0.2) is 53.2 Å². The van der Waals surface area contributed by atoms with E-state index in [1.165, 1.54) is 12.3 Å². The Balaban J connectivity index is 1.29. The summed E-state index contributed by atoms with van der Waals surface area (Å²) < 4.78 is 19.4. The van der Waals surface area contributed by atoms with Crippen molar-refractivity contribution in [2.75, 3.05) is 23.3 Å². The van der Waals surface area contributed by atoms with Gasteiger partial charge in [0.25, 0.3) is 0 Å². The molecular weight excluding hydrogens is 413 g/mol. The molecule has 3 N–H and O–H groups in total. The Bertz CT molecular complexity index is 1100. The van der Waals surface area contributed by atoms with Crippen molar-refractivity contribution in [3.05, 3.63) is 60.5 Å². The van der Waals surface area contributed by atoms with Gasteiger partial charge in [0, 0.05) is 25.9 Å². The van der Waals surface area contributed by atoms with E-state index in [1.54, 1.807) is 30.5 Å². The zero-order valence-electron chi connectivity index (χ0n) is 17.5. The fourth-order valence-corrected chi connectivity index (χ4v) is 3.72. The molecule has 1 aliphatic rings. The minimum absolute atomic E-state index is 0.158. The summed E-state index contributed by atoms with van der Waals surface area (Å²) in [5, 5.41) is 2.79. The monoisotopic (exact) mass is 437 g/mol. The number of carbonyl (C=O) groups is 2. The first kappa shape index (κ1) is 21.5. The van der Waals surface area contributed by atoms with E-state index in [4.69, 9.17) is 10.2 Å². The highest BCUT2D eigenvalue weighted by Crippen LogP contribution is 2.24. The number of amides is 2. The van der Waals surface area contributed by atoms with Crippen LogP contribution in [0.1, 0.15) is 25.2 Å². The van der Waals surface area contributed by atoms with Gasteiger partial charge >= 0.3 is 0 Å². The molecule has 3 heterocycles. The molecule has 2 aromatic heterocycles. The summed E-state index contributed by atoms with van der Waals surface area (Å²) >= 11 is 0. The van der Waals surface area contributed by atoms with E-state index in [9.17, 15) is 14.0 Å². The third-order valence-electron chi connectivity index (χ3n) is 5.44. The van der Waals surface area contributed by atoms with Crippen molar-refractivity contribution < 1.29 is 18.4 Å². The van der Waals surface area contributed by atoms with Crippen LogP contribution in [-0.2, 0) is 16.0 Å². The van der Waals surface area contributed by atoms with Crippen LogP contribution in [0.3, 0.4) is 0 Å². The molecule has 0 saturated carbocycles. The van der Waals surface area contributed by atoms with Gasteiger partial charge in [-0.05, 0) is 37.1 Å². The summed E-state index contributed by atoms with van der Waals surface area (Å²) in [6, 6.07) is 9.87. The lowest BCUT2D eigenvalue weighted by molar-refractivity contribution is -0.122. The zero-order valence-corrected chi connectivity index (χ0v) is 17.5. The summed E-state index contributed by atoms with van der Waals surface area (Å²) in [4.78, 5) is 34.3. The third kappa shape index (κ3) is 5.11. The molecule has 9 heteroatoms. The van der Waals surface area contributed by atoms with Gasteiger partial charge in [-0.3, -0.25) is 9.59 Å². The maximum Gasteiger partial charge on any atom is 0.224 e. The molecule has 3 aromatic rings. The summed E-state index contributed by atoms with van der Waals surface area (Å²) in [5.41, 5.74) is 6.34. The second kappa shape index (κ2) is 9.59. The van der Waals surface area contributed by atoms with Crippen molar-refractivity contribution >= 4 is 23.3 Å².